The first-order chi connectivity index (χ1) is 7.63. The summed E-state index contributed by atoms with van der Waals surface area (Å²) in [6, 6.07) is 0. The highest BCUT2D eigenvalue weighted by atomic mass is 16.1. The number of nitrogens with one attached hydrogen (secondary N) is 2. The van der Waals surface area contributed by atoms with Gasteiger partial charge in [0.1, 0.15) is 0 Å². The van der Waals surface area contributed by atoms with E-state index in [-0.39, 0.29) is 16.7 Å². The predicted octanol–water partition coefficient (Wildman–Crippen LogP) is 2.36. The van der Waals surface area contributed by atoms with Crippen molar-refractivity contribution in [3.8, 4) is 0 Å². The fourth-order valence-corrected chi connectivity index (χ4v) is 1.31. The first-order valence-corrected chi connectivity index (χ1v) is 6.62. The maximum absolute atomic E-state index is 11.6. The Labute approximate surface area is 107 Å². The molecule has 0 fully saturated rings. The molecule has 0 aromatic carbocycles. The van der Waals surface area contributed by atoms with Gasteiger partial charge in [0.2, 0.25) is 0 Å². The lowest BCUT2D eigenvalue weighted by atomic mass is 9.91. The van der Waals surface area contributed by atoms with Crippen molar-refractivity contribution in [2.24, 2.45) is 5.41 Å². The molecule has 0 aromatic heterocycles. The molecule has 0 aliphatic rings. The van der Waals surface area contributed by atoms with Crippen molar-refractivity contribution >= 4 is 5.78 Å². The van der Waals surface area contributed by atoms with Gasteiger partial charge in [-0.25, -0.2) is 0 Å². The van der Waals surface area contributed by atoms with Crippen LogP contribution in [0.2, 0.25) is 0 Å². The molecule has 0 saturated carbocycles. The smallest absolute Gasteiger partial charge is 0.151 e. The van der Waals surface area contributed by atoms with Crippen molar-refractivity contribution in [1.82, 2.24) is 10.6 Å². The molecule has 0 aliphatic heterocycles. The Bertz CT molecular complexity index is 223. The molecule has 3 nitrogen and oxygen atoms in total. The average Bonchev–Trinajstić information content (AvgIpc) is 2.12. The number of rotatable bonds is 7. The summed E-state index contributed by atoms with van der Waals surface area (Å²) in [6.07, 6.45) is 2.26. The lowest BCUT2D eigenvalue weighted by Crippen LogP contribution is -2.37. The van der Waals surface area contributed by atoms with E-state index in [1.165, 1.54) is 0 Å². The fraction of sp³-hybridized carbons (Fsp3) is 0.929. The van der Waals surface area contributed by atoms with E-state index in [9.17, 15) is 4.79 Å². The van der Waals surface area contributed by atoms with Crippen LogP contribution < -0.4 is 10.6 Å². The summed E-state index contributed by atoms with van der Waals surface area (Å²) in [6.45, 7) is 14.9. The van der Waals surface area contributed by atoms with Crippen molar-refractivity contribution in [2.45, 2.75) is 59.9 Å². The number of Topliss-reactive ketones (excluding diaryl/α,β-unsaturated/α-hetero) is 1. The Morgan fingerprint density at radius 1 is 0.941 bits per heavy atom. The van der Waals surface area contributed by atoms with Gasteiger partial charge < -0.3 is 10.6 Å². The van der Waals surface area contributed by atoms with E-state index in [1.54, 1.807) is 0 Å². The largest absolute Gasteiger partial charge is 0.312 e. The molecule has 0 bridgehead atoms. The first-order valence-electron chi connectivity index (χ1n) is 6.62. The second-order valence-electron chi connectivity index (χ2n) is 6.73. The molecular weight excluding hydrogens is 212 g/mol. The lowest BCUT2D eigenvalue weighted by Gasteiger charge is -2.20. The molecule has 3 heteroatoms. The van der Waals surface area contributed by atoms with Crippen LogP contribution in [0, 0.1) is 5.41 Å². The van der Waals surface area contributed by atoms with Crippen molar-refractivity contribution in [1.29, 1.82) is 0 Å². The van der Waals surface area contributed by atoms with Crippen LogP contribution >= 0.6 is 0 Å². The number of hydrogen-bond acceptors (Lipinski definition) is 3. The monoisotopic (exact) mass is 242 g/mol. The highest BCUT2D eigenvalue weighted by Crippen LogP contribution is 2.13. The van der Waals surface area contributed by atoms with Crippen molar-refractivity contribution in [3.63, 3.8) is 0 Å². The zero-order valence-electron chi connectivity index (χ0n) is 12.4. The molecule has 17 heavy (non-hydrogen) atoms. The topological polar surface area (TPSA) is 41.1 Å². The van der Waals surface area contributed by atoms with Crippen LogP contribution in [0.1, 0.15) is 54.4 Å². The highest BCUT2D eigenvalue weighted by Gasteiger charge is 2.19. The Balaban J connectivity index is 3.39. The van der Waals surface area contributed by atoms with Crippen molar-refractivity contribution in [2.75, 3.05) is 19.6 Å². The molecule has 0 saturated heterocycles. The molecule has 0 rings (SSSR count). The van der Waals surface area contributed by atoms with Crippen LogP contribution in [-0.2, 0) is 4.79 Å². The zero-order valence-corrected chi connectivity index (χ0v) is 12.4. The standard InChI is InChI=1S/C14H30N2O/c1-13(2,3)12(17)11-15-9-7-8-10-16-14(4,5)6/h15-16H,7-11H2,1-6H3. The Morgan fingerprint density at radius 2 is 1.47 bits per heavy atom. The van der Waals surface area contributed by atoms with Gasteiger partial charge >= 0.3 is 0 Å². The predicted molar refractivity (Wildman–Crippen MR) is 74.3 cm³/mol. The quantitative estimate of drug-likeness (QED) is 0.673. The van der Waals surface area contributed by atoms with Gasteiger partial charge in [-0.1, -0.05) is 20.8 Å². The number of ketones is 1. The molecule has 0 heterocycles. The van der Waals surface area contributed by atoms with Gasteiger partial charge in [0.25, 0.3) is 0 Å². The van der Waals surface area contributed by atoms with E-state index in [1.807, 2.05) is 20.8 Å². The molecular formula is C14H30N2O. The second kappa shape index (κ2) is 7.12. The zero-order chi connectivity index (χ0) is 13.5. The van der Waals surface area contributed by atoms with E-state index in [0.29, 0.717) is 6.54 Å². The van der Waals surface area contributed by atoms with Crippen LogP contribution in [0.15, 0.2) is 0 Å². The van der Waals surface area contributed by atoms with Gasteiger partial charge in [-0.3, -0.25) is 4.79 Å². The van der Waals surface area contributed by atoms with E-state index in [4.69, 9.17) is 0 Å². The van der Waals surface area contributed by atoms with E-state index in [2.05, 4.69) is 31.4 Å². The van der Waals surface area contributed by atoms with Crippen LogP contribution in [0.4, 0.5) is 0 Å². The Hall–Kier alpha value is -0.410. The molecule has 0 aliphatic carbocycles. The third-order valence-electron chi connectivity index (χ3n) is 2.56. The molecule has 0 amide bonds. The normalized spacial score (nSPS) is 12.8. The van der Waals surface area contributed by atoms with Crippen molar-refractivity contribution < 1.29 is 4.79 Å². The van der Waals surface area contributed by atoms with Gasteiger partial charge in [-0.2, -0.15) is 0 Å². The third kappa shape index (κ3) is 10.5. The summed E-state index contributed by atoms with van der Waals surface area (Å²) in [5, 5.41) is 6.66. The molecule has 2 N–H and O–H groups in total. The first kappa shape index (κ1) is 16.6. The minimum Gasteiger partial charge on any atom is -0.312 e. The maximum Gasteiger partial charge on any atom is 0.151 e. The maximum atomic E-state index is 11.6. The van der Waals surface area contributed by atoms with E-state index >= 15 is 0 Å². The fourth-order valence-electron chi connectivity index (χ4n) is 1.31. The molecule has 0 spiro atoms. The minimum absolute atomic E-state index is 0.204. The number of carbonyl (C=O) groups excluding carboxylic acids is 1. The molecule has 0 radical (unpaired) electrons. The number of hydrogen-bond donors (Lipinski definition) is 2. The van der Waals surface area contributed by atoms with Gasteiger partial charge in [-0.05, 0) is 46.7 Å². The highest BCUT2D eigenvalue weighted by molar-refractivity contribution is 5.85. The van der Waals surface area contributed by atoms with Gasteiger partial charge in [-0.15, -0.1) is 0 Å². The van der Waals surface area contributed by atoms with Crippen LogP contribution in [0.3, 0.4) is 0 Å². The summed E-state index contributed by atoms with van der Waals surface area (Å²) >= 11 is 0. The molecule has 0 aromatic rings. The van der Waals surface area contributed by atoms with Gasteiger partial charge in [0.05, 0.1) is 6.54 Å². The summed E-state index contributed by atoms with van der Waals surface area (Å²) in [7, 11) is 0. The summed E-state index contributed by atoms with van der Waals surface area (Å²) in [4.78, 5) is 11.6. The van der Waals surface area contributed by atoms with Gasteiger partial charge in [0, 0.05) is 11.0 Å². The molecule has 102 valence electrons. The summed E-state index contributed by atoms with van der Waals surface area (Å²) in [5.74, 6) is 0.283. The second-order valence-corrected chi connectivity index (χ2v) is 6.73. The summed E-state index contributed by atoms with van der Waals surface area (Å²) in [5.41, 5.74) is -0.0174. The Kier molecular flexibility index (Phi) is 6.95. The van der Waals surface area contributed by atoms with E-state index in [0.717, 1.165) is 25.9 Å². The molecule has 0 atom stereocenters. The third-order valence-corrected chi connectivity index (χ3v) is 2.56. The Morgan fingerprint density at radius 3 is 1.94 bits per heavy atom. The molecule has 0 unspecified atom stereocenters. The lowest BCUT2D eigenvalue weighted by molar-refractivity contribution is -0.125. The SMILES string of the molecule is CC(C)(C)NCCCCNCC(=O)C(C)(C)C. The average molecular weight is 242 g/mol. The minimum atomic E-state index is -0.221. The van der Waals surface area contributed by atoms with Gasteiger partial charge in [0.15, 0.2) is 5.78 Å². The van der Waals surface area contributed by atoms with Crippen LogP contribution in [0.5, 0.6) is 0 Å². The van der Waals surface area contributed by atoms with Crippen LogP contribution in [0.25, 0.3) is 0 Å². The summed E-state index contributed by atoms with van der Waals surface area (Å²) < 4.78 is 0. The van der Waals surface area contributed by atoms with Crippen LogP contribution in [-0.4, -0.2) is 31.0 Å². The number of unbranched alkanes of at least 4 members (excludes halogenated alkanes) is 1. The van der Waals surface area contributed by atoms with Crippen molar-refractivity contribution in [3.05, 3.63) is 0 Å². The number of carbonyl (C=O) groups is 1. The van der Waals surface area contributed by atoms with E-state index < -0.39 is 0 Å².